The third kappa shape index (κ3) is 4.65. The number of rotatable bonds is 7. The monoisotopic (exact) mass is 393 g/mol. The Labute approximate surface area is 170 Å². The molecule has 0 saturated carbocycles. The minimum Gasteiger partial charge on any atom is -0.441 e. The van der Waals surface area contributed by atoms with Crippen LogP contribution in [0.4, 0.5) is 0 Å². The van der Waals surface area contributed by atoms with Crippen molar-refractivity contribution in [2.45, 2.75) is 44.6 Å². The summed E-state index contributed by atoms with van der Waals surface area (Å²) in [5.41, 5.74) is 3.18. The number of carbonyl (C=O) groups excluding carboxylic acids is 1. The lowest BCUT2D eigenvalue weighted by molar-refractivity contribution is 0.0601. The molecule has 1 aliphatic heterocycles. The fourth-order valence-electron chi connectivity index (χ4n) is 4.00. The first-order valence-corrected chi connectivity index (χ1v) is 10.3. The highest BCUT2D eigenvalue weighted by Crippen LogP contribution is 2.25. The molecule has 4 rings (SSSR count). The van der Waals surface area contributed by atoms with Gasteiger partial charge in [0.15, 0.2) is 11.5 Å². The normalized spacial score (nSPS) is 17.0. The van der Waals surface area contributed by atoms with Crippen molar-refractivity contribution in [2.24, 2.45) is 0 Å². The number of piperidine rings is 1. The van der Waals surface area contributed by atoms with E-state index in [9.17, 15) is 4.79 Å². The number of aryl methyl sites for hydroxylation is 1. The fraction of sp³-hybridized carbons (Fsp3) is 0.435. The minimum atomic E-state index is 0.0764. The number of hydrogen-bond acceptors (Lipinski definition) is 5. The van der Waals surface area contributed by atoms with Crippen LogP contribution < -0.4 is 0 Å². The number of ether oxygens (including phenoxy) is 1. The number of nitrogens with zero attached hydrogens (tertiary/aromatic N) is 3. The van der Waals surface area contributed by atoms with Crippen LogP contribution in [0.25, 0.3) is 11.1 Å². The van der Waals surface area contributed by atoms with Crippen LogP contribution in [-0.2, 0) is 17.6 Å². The van der Waals surface area contributed by atoms with Crippen molar-refractivity contribution in [1.82, 2.24) is 14.9 Å². The Bertz CT molecular complexity index is 954. The summed E-state index contributed by atoms with van der Waals surface area (Å²) in [6.07, 6.45) is 7.54. The van der Waals surface area contributed by atoms with E-state index >= 15 is 0 Å². The molecule has 29 heavy (non-hydrogen) atoms. The molecule has 0 aliphatic carbocycles. The molecule has 0 N–H and O–H groups in total. The van der Waals surface area contributed by atoms with Crippen molar-refractivity contribution >= 4 is 17.0 Å². The molecule has 3 heterocycles. The van der Waals surface area contributed by atoms with Crippen molar-refractivity contribution in [2.75, 3.05) is 20.3 Å². The summed E-state index contributed by atoms with van der Waals surface area (Å²) < 4.78 is 10.9. The molecular formula is C23H27N3O3. The highest BCUT2D eigenvalue weighted by molar-refractivity contribution is 5.97. The lowest BCUT2D eigenvalue weighted by Crippen LogP contribution is -2.44. The van der Waals surface area contributed by atoms with Crippen molar-refractivity contribution in [3.05, 3.63) is 59.7 Å². The summed E-state index contributed by atoms with van der Waals surface area (Å²) in [4.78, 5) is 24.2. The fourth-order valence-corrected chi connectivity index (χ4v) is 4.00. The number of amides is 1. The van der Waals surface area contributed by atoms with Crippen LogP contribution in [-0.4, -0.2) is 47.1 Å². The summed E-state index contributed by atoms with van der Waals surface area (Å²) in [5.74, 6) is 0.713. The molecule has 3 aromatic rings. The van der Waals surface area contributed by atoms with Crippen LogP contribution in [0.3, 0.4) is 0 Å². The summed E-state index contributed by atoms with van der Waals surface area (Å²) in [6, 6.07) is 11.8. The number of methoxy groups -OCH3 is 1. The number of carbonyl (C=O) groups is 1. The van der Waals surface area contributed by atoms with Crippen LogP contribution >= 0.6 is 0 Å². The van der Waals surface area contributed by atoms with Gasteiger partial charge in [-0.15, -0.1) is 0 Å². The Balaban J connectivity index is 1.48. The highest BCUT2D eigenvalue weighted by atomic mass is 16.5. The zero-order chi connectivity index (χ0) is 20.1. The van der Waals surface area contributed by atoms with E-state index in [2.05, 4.69) is 9.97 Å². The Kier molecular flexibility index (Phi) is 6.20. The first kappa shape index (κ1) is 19.6. The van der Waals surface area contributed by atoms with Crippen LogP contribution in [0.5, 0.6) is 0 Å². The average molecular weight is 393 g/mol. The predicted octanol–water partition coefficient (Wildman–Crippen LogP) is 4.04. The summed E-state index contributed by atoms with van der Waals surface area (Å²) >= 11 is 0. The number of oxazole rings is 1. The maximum Gasteiger partial charge on any atom is 0.254 e. The topological polar surface area (TPSA) is 68.5 Å². The minimum absolute atomic E-state index is 0.0764. The zero-order valence-corrected chi connectivity index (χ0v) is 16.8. The van der Waals surface area contributed by atoms with Gasteiger partial charge in [0.1, 0.15) is 5.52 Å². The van der Waals surface area contributed by atoms with Gasteiger partial charge in [-0.05, 0) is 62.4 Å². The van der Waals surface area contributed by atoms with Gasteiger partial charge in [-0.25, -0.2) is 4.98 Å². The third-order valence-corrected chi connectivity index (χ3v) is 5.55. The first-order valence-electron chi connectivity index (χ1n) is 10.3. The predicted molar refractivity (Wildman–Crippen MR) is 111 cm³/mol. The second-order valence-corrected chi connectivity index (χ2v) is 7.54. The van der Waals surface area contributed by atoms with Gasteiger partial charge in [0.2, 0.25) is 0 Å². The number of hydrogen-bond donors (Lipinski definition) is 0. The molecule has 1 fully saturated rings. The molecule has 1 aromatic carbocycles. The number of benzene rings is 1. The molecule has 2 aromatic heterocycles. The number of aromatic nitrogens is 2. The van der Waals surface area contributed by atoms with Gasteiger partial charge < -0.3 is 14.1 Å². The van der Waals surface area contributed by atoms with E-state index in [1.54, 1.807) is 7.11 Å². The largest absolute Gasteiger partial charge is 0.441 e. The second-order valence-electron chi connectivity index (χ2n) is 7.54. The summed E-state index contributed by atoms with van der Waals surface area (Å²) in [5, 5.41) is 0. The van der Waals surface area contributed by atoms with E-state index in [1.165, 1.54) is 6.42 Å². The maximum atomic E-state index is 13.3. The molecule has 6 nitrogen and oxygen atoms in total. The van der Waals surface area contributed by atoms with Gasteiger partial charge in [0.05, 0.1) is 6.61 Å². The second kappa shape index (κ2) is 9.18. The molecule has 6 heteroatoms. The van der Waals surface area contributed by atoms with Crippen LogP contribution in [0.2, 0.25) is 0 Å². The standard InChI is InChI=1S/C23H27N3O3/c1-28-15-12-22-25-20-11-8-17(16-21(20)29-22)23(27)26-14-5-3-7-19(26)10-9-18-6-2-4-13-24-18/h2,4,6,8,11,13,16,19H,3,5,7,9-10,12,14-15H2,1H3. The van der Waals surface area contributed by atoms with Crippen LogP contribution in [0.15, 0.2) is 47.0 Å². The van der Waals surface area contributed by atoms with Gasteiger partial charge in [-0.1, -0.05) is 6.07 Å². The Morgan fingerprint density at radius 2 is 2.17 bits per heavy atom. The van der Waals surface area contributed by atoms with Gasteiger partial charge in [-0.2, -0.15) is 0 Å². The Hall–Kier alpha value is -2.73. The summed E-state index contributed by atoms with van der Waals surface area (Å²) in [7, 11) is 1.66. The van der Waals surface area contributed by atoms with Crippen LogP contribution in [0.1, 0.15) is 47.6 Å². The molecular weight excluding hydrogens is 366 g/mol. The molecule has 0 spiro atoms. The first-order chi connectivity index (χ1) is 14.2. The molecule has 1 amide bonds. The highest BCUT2D eigenvalue weighted by Gasteiger charge is 2.27. The zero-order valence-electron chi connectivity index (χ0n) is 16.8. The maximum absolute atomic E-state index is 13.3. The molecule has 152 valence electrons. The van der Waals surface area contributed by atoms with Gasteiger partial charge in [0, 0.05) is 43.6 Å². The SMILES string of the molecule is COCCc1nc2ccc(C(=O)N3CCCCC3CCc3ccccn3)cc2o1. The number of fused-ring (bicyclic) bond motifs is 1. The van der Waals surface area contributed by atoms with E-state index in [-0.39, 0.29) is 11.9 Å². The van der Waals surface area contributed by atoms with Crippen LogP contribution in [0, 0.1) is 0 Å². The Morgan fingerprint density at radius 1 is 1.24 bits per heavy atom. The number of likely N-dealkylation sites (tertiary alicyclic amines) is 1. The van der Waals surface area contributed by atoms with E-state index < -0.39 is 0 Å². The molecule has 0 radical (unpaired) electrons. The third-order valence-electron chi connectivity index (χ3n) is 5.55. The van der Waals surface area contributed by atoms with Crippen molar-refractivity contribution in [3.8, 4) is 0 Å². The molecule has 1 atom stereocenters. The van der Waals surface area contributed by atoms with Gasteiger partial charge in [-0.3, -0.25) is 9.78 Å². The quantitative estimate of drug-likeness (QED) is 0.606. The molecule has 1 saturated heterocycles. The van der Waals surface area contributed by atoms with E-state index in [0.717, 1.165) is 43.4 Å². The summed E-state index contributed by atoms with van der Waals surface area (Å²) in [6.45, 7) is 1.36. The smallest absolute Gasteiger partial charge is 0.254 e. The molecule has 0 bridgehead atoms. The van der Waals surface area contributed by atoms with Crippen molar-refractivity contribution < 1.29 is 13.9 Å². The average Bonchev–Trinajstić information content (AvgIpc) is 3.19. The van der Waals surface area contributed by atoms with Crippen molar-refractivity contribution in [3.63, 3.8) is 0 Å². The molecule has 1 aliphatic rings. The van der Waals surface area contributed by atoms with Gasteiger partial charge in [0.25, 0.3) is 5.91 Å². The Morgan fingerprint density at radius 3 is 3.00 bits per heavy atom. The lowest BCUT2D eigenvalue weighted by atomic mass is 9.96. The van der Waals surface area contributed by atoms with Gasteiger partial charge >= 0.3 is 0 Å². The van der Waals surface area contributed by atoms with E-state index in [1.807, 2.05) is 47.5 Å². The number of pyridine rings is 1. The van der Waals surface area contributed by atoms with E-state index in [0.29, 0.717) is 30.1 Å². The van der Waals surface area contributed by atoms with E-state index in [4.69, 9.17) is 9.15 Å². The molecule has 1 unspecified atom stereocenters. The van der Waals surface area contributed by atoms with Crippen molar-refractivity contribution in [1.29, 1.82) is 0 Å². The lowest BCUT2D eigenvalue weighted by Gasteiger charge is -2.36.